The molecule has 2 aromatic rings. The van der Waals surface area contributed by atoms with Gasteiger partial charge < -0.3 is 14.4 Å². The van der Waals surface area contributed by atoms with Gasteiger partial charge in [-0.05, 0) is 85.6 Å². The third-order valence-electron chi connectivity index (χ3n) is 6.02. The average Bonchev–Trinajstić information content (AvgIpc) is 2.72. The van der Waals surface area contributed by atoms with Crippen molar-refractivity contribution in [3.63, 3.8) is 0 Å². The maximum atomic E-state index is 6.09. The highest BCUT2D eigenvalue weighted by Gasteiger charge is 2.24. The molecule has 0 spiro atoms. The van der Waals surface area contributed by atoms with Crippen molar-refractivity contribution < 1.29 is 9.47 Å². The van der Waals surface area contributed by atoms with E-state index in [0.29, 0.717) is 5.92 Å². The van der Waals surface area contributed by atoms with E-state index in [0.717, 1.165) is 31.7 Å². The minimum Gasteiger partial charge on any atom is -0.497 e. The van der Waals surface area contributed by atoms with Gasteiger partial charge in [0.15, 0.2) is 0 Å². The van der Waals surface area contributed by atoms with E-state index in [1.807, 2.05) is 0 Å². The summed E-state index contributed by atoms with van der Waals surface area (Å²) in [5.74, 6) is 1.62. The summed E-state index contributed by atoms with van der Waals surface area (Å²) in [6, 6.07) is 15.2. The normalized spacial score (nSPS) is 21.0. The Hall–Kier alpha value is -1.36. The molecule has 4 heteroatoms. The van der Waals surface area contributed by atoms with Gasteiger partial charge in [0, 0.05) is 11.0 Å². The number of nitrogens with zero attached hydrogens (tertiary/aromatic N) is 1. The van der Waals surface area contributed by atoms with E-state index < -0.39 is 0 Å². The van der Waals surface area contributed by atoms with E-state index >= 15 is 0 Å². The van der Waals surface area contributed by atoms with Gasteiger partial charge in [-0.3, -0.25) is 0 Å². The molecule has 2 aromatic carbocycles. The van der Waals surface area contributed by atoms with E-state index in [-0.39, 0.29) is 6.10 Å². The quantitative estimate of drug-likeness (QED) is 0.639. The molecule has 3 nitrogen and oxygen atoms in total. The third-order valence-corrected chi connectivity index (χ3v) is 6.52. The van der Waals surface area contributed by atoms with Crippen LogP contribution in [0.1, 0.15) is 48.0 Å². The summed E-state index contributed by atoms with van der Waals surface area (Å²) in [4.78, 5) is 2.61. The van der Waals surface area contributed by atoms with Gasteiger partial charge in [0.05, 0.1) is 19.8 Å². The maximum Gasteiger partial charge on any atom is 0.118 e. The van der Waals surface area contributed by atoms with Crippen LogP contribution >= 0.6 is 15.9 Å². The molecule has 27 heavy (non-hydrogen) atoms. The molecule has 0 N–H and O–H groups in total. The Bertz CT molecular complexity index is 753. The van der Waals surface area contributed by atoms with Crippen molar-refractivity contribution >= 4 is 15.9 Å². The van der Waals surface area contributed by atoms with Gasteiger partial charge in [-0.25, -0.2) is 0 Å². The standard InChI is InChI=1S/C23H28BrNO2/c1-26-21-5-2-17(3-6-21)18-8-12-25(13-9-18)14-10-23-22-7-4-20(24)16-19(22)11-15-27-23/h2-7,16,18,23H,8-15H2,1H3. The lowest BCUT2D eigenvalue weighted by atomic mass is 9.89. The van der Waals surface area contributed by atoms with Gasteiger partial charge in [-0.1, -0.05) is 34.1 Å². The van der Waals surface area contributed by atoms with Crippen LogP contribution in [0, 0.1) is 0 Å². The van der Waals surface area contributed by atoms with Crippen LogP contribution < -0.4 is 4.74 Å². The molecule has 2 aliphatic rings. The largest absolute Gasteiger partial charge is 0.497 e. The topological polar surface area (TPSA) is 21.7 Å². The first kappa shape index (κ1) is 19.0. The van der Waals surface area contributed by atoms with E-state index in [2.05, 4.69) is 63.3 Å². The first-order chi connectivity index (χ1) is 13.2. The first-order valence-corrected chi connectivity index (χ1v) is 10.8. The lowest BCUT2D eigenvalue weighted by Crippen LogP contribution is -2.34. The summed E-state index contributed by atoms with van der Waals surface area (Å²) < 4.78 is 12.5. The summed E-state index contributed by atoms with van der Waals surface area (Å²) in [7, 11) is 1.72. The van der Waals surface area contributed by atoms with E-state index in [4.69, 9.17) is 9.47 Å². The number of fused-ring (bicyclic) bond motifs is 1. The van der Waals surface area contributed by atoms with Crippen LogP contribution in [-0.4, -0.2) is 38.3 Å². The van der Waals surface area contributed by atoms with Crippen LogP contribution in [0.3, 0.4) is 0 Å². The van der Waals surface area contributed by atoms with E-state index in [1.165, 1.54) is 47.1 Å². The fourth-order valence-electron chi connectivity index (χ4n) is 4.41. The fourth-order valence-corrected chi connectivity index (χ4v) is 4.82. The minimum absolute atomic E-state index is 0.251. The predicted molar refractivity (Wildman–Crippen MR) is 113 cm³/mol. The van der Waals surface area contributed by atoms with Crippen LogP contribution in [0.2, 0.25) is 0 Å². The van der Waals surface area contributed by atoms with Gasteiger partial charge in [0.25, 0.3) is 0 Å². The Kier molecular flexibility index (Phi) is 6.16. The Morgan fingerprint density at radius 2 is 1.89 bits per heavy atom. The highest BCUT2D eigenvalue weighted by Crippen LogP contribution is 2.33. The number of benzene rings is 2. The number of ether oxygens (including phenoxy) is 2. The fraction of sp³-hybridized carbons (Fsp3) is 0.478. The van der Waals surface area contributed by atoms with Crippen LogP contribution in [0.4, 0.5) is 0 Å². The monoisotopic (exact) mass is 429 g/mol. The molecule has 0 bridgehead atoms. The van der Waals surface area contributed by atoms with E-state index in [1.54, 1.807) is 7.11 Å². The average molecular weight is 430 g/mol. The molecule has 0 saturated carbocycles. The number of rotatable bonds is 5. The zero-order chi connectivity index (χ0) is 18.6. The molecule has 1 saturated heterocycles. The maximum absolute atomic E-state index is 6.09. The Balaban J connectivity index is 1.29. The number of hydrogen-bond donors (Lipinski definition) is 0. The van der Waals surface area contributed by atoms with Crippen LogP contribution in [0.25, 0.3) is 0 Å². The molecule has 1 unspecified atom stereocenters. The molecular weight excluding hydrogens is 402 g/mol. The first-order valence-electron chi connectivity index (χ1n) is 9.99. The van der Waals surface area contributed by atoms with Crippen molar-refractivity contribution in [2.45, 2.75) is 37.7 Å². The number of halogens is 1. The van der Waals surface area contributed by atoms with Crippen molar-refractivity contribution in [2.75, 3.05) is 33.4 Å². The van der Waals surface area contributed by atoms with Gasteiger partial charge in [0.1, 0.15) is 5.75 Å². The summed E-state index contributed by atoms with van der Waals surface area (Å²) >= 11 is 3.59. The minimum atomic E-state index is 0.251. The second-order valence-electron chi connectivity index (χ2n) is 7.63. The summed E-state index contributed by atoms with van der Waals surface area (Å²) in [6.07, 6.45) is 4.84. The number of piperidine rings is 1. The van der Waals surface area contributed by atoms with Crippen molar-refractivity contribution in [2.24, 2.45) is 0 Å². The lowest BCUT2D eigenvalue weighted by Gasteiger charge is -2.34. The summed E-state index contributed by atoms with van der Waals surface area (Å²) in [5, 5.41) is 0. The SMILES string of the molecule is COc1ccc(C2CCN(CCC3OCCc4cc(Br)ccc43)CC2)cc1. The van der Waals surface area contributed by atoms with Crippen molar-refractivity contribution in [1.29, 1.82) is 0 Å². The molecule has 0 radical (unpaired) electrons. The molecule has 2 aliphatic heterocycles. The predicted octanol–water partition coefficient (Wildman–Crippen LogP) is 5.34. The Labute approximate surface area is 170 Å². The Morgan fingerprint density at radius 3 is 2.63 bits per heavy atom. The summed E-state index contributed by atoms with van der Waals surface area (Å²) in [5.41, 5.74) is 4.28. The second kappa shape index (κ2) is 8.76. The Morgan fingerprint density at radius 1 is 1.11 bits per heavy atom. The molecule has 0 aromatic heterocycles. The van der Waals surface area contributed by atoms with E-state index in [9.17, 15) is 0 Å². The second-order valence-corrected chi connectivity index (χ2v) is 8.55. The van der Waals surface area contributed by atoms with Crippen LogP contribution in [0.5, 0.6) is 5.75 Å². The zero-order valence-electron chi connectivity index (χ0n) is 16.0. The van der Waals surface area contributed by atoms with Crippen LogP contribution in [0.15, 0.2) is 46.9 Å². The highest BCUT2D eigenvalue weighted by atomic mass is 79.9. The molecule has 0 aliphatic carbocycles. The molecule has 2 heterocycles. The molecule has 4 rings (SSSR count). The van der Waals surface area contributed by atoms with Gasteiger partial charge in [-0.2, -0.15) is 0 Å². The van der Waals surface area contributed by atoms with Gasteiger partial charge in [-0.15, -0.1) is 0 Å². The van der Waals surface area contributed by atoms with Crippen molar-refractivity contribution in [3.8, 4) is 5.75 Å². The molecular formula is C23H28BrNO2. The van der Waals surface area contributed by atoms with Crippen molar-refractivity contribution in [1.82, 2.24) is 4.90 Å². The highest BCUT2D eigenvalue weighted by molar-refractivity contribution is 9.10. The smallest absolute Gasteiger partial charge is 0.118 e. The number of hydrogen-bond acceptors (Lipinski definition) is 3. The van der Waals surface area contributed by atoms with Gasteiger partial charge >= 0.3 is 0 Å². The third kappa shape index (κ3) is 4.56. The molecule has 1 fully saturated rings. The van der Waals surface area contributed by atoms with Gasteiger partial charge in [0.2, 0.25) is 0 Å². The molecule has 144 valence electrons. The lowest BCUT2D eigenvalue weighted by molar-refractivity contribution is 0.0275. The van der Waals surface area contributed by atoms with Crippen LogP contribution in [-0.2, 0) is 11.2 Å². The van der Waals surface area contributed by atoms with Crippen molar-refractivity contribution in [3.05, 3.63) is 63.6 Å². The number of likely N-dealkylation sites (tertiary alicyclic amines) is 1. The molecule has 1 atom stereocenters. The molecule has 0 amide bonds. The number of methoxy groups -OCH3 is 1. The zero-order valence-corrected chi connectivity index (χ0v) is 17.6. The summed E-state index contributed by atoms with van der Waals surface area (Å²) in [6.45, 7) is 4.32.